The number of rotatable bonds is 7. The number of nitrogens with one attached hydrogen (secondary N) is 4. The molecule has 9 nitrogen and oxygen atoms in total. The van der Waals surface area contributed by atoms with E-state index in [0.29, 0.717) is 11.4 Å². The van der Waals surface area contributed by atoms with Gasteiger partial charge in [0.1, 0.15) is 0 Å². The highest BCUT2D eigenvalue weighted by Crippen LogP contribution is 2.04. The lowest BCUT2D eigenvalue weighted by molar-refractivity contribution is -0.148. The molecule has 0 radical (unpaired) electrons. The van der Waals surface area contributed by atoms with Gasteiger partial charge in [0.2, 0.25) is 0 Å². The number of hydrogen-bond donors (Lipinski definition) is 4. The van der Waals surface area contributed by atoms with E-state index >= 15 is 0 Å². The average Bonchev–Trinajstić information content (AvgIpc) is 2.68. The first kappa shape index (κ1) is 20.4. The number of esters is 1. The van der Waals surface area contributed by atoms with Gasteiger partial charge in [-0.25, -0.2) is 9.59 Å². The summed E-state index contributed by atoms with van der Waals surface area (Å²) in [5, 5.41) is 9.59. The predicted molar refractivity (Wildman–Crippen MR) is 103 cm³/mol. The van der Waals surface area contributed by atoms with Gasteiger partial charge >= 0.3 is 18.0 Å². The van der Waals surface area contributed by atoms with Gasteiger partial charge in [-0.05, 0) is 24.3 Å². The Hall–Kier alpha value is -3.88. The summed E-state index contributed by atoms with van der Waals surface area (Å²) >= 11 is 0. The zero-order valence-corrected chi connectivity index (χ0v) is 14.9. The number of carbonyl (C=O) groups is 4. The molecule has 0 bridgehead atoms. The van der Waals surface area contributed by atoms with Crippen molar-refractivity contribution in [3.63, 3.8) is 0 Å². The van der Waals surface area contributed by atoms with Gasteiger partial charge < -0.3 is 20.7 Å². The molecule has 0 unspecified atom stereocenters. The molecule has 4 N–H and O–H groups in total. The predicted octanol–water partition coefficient (Wildman–Crippen LogP) is 2.09. The SMILES string of the molecule is O=C(COC(=O)CCNC(=O)Nc1ccccc1)NC(=O)Nc1ccccc1. The Morgan fingerprint density at radius 3 is 1.86 bits per heavy atom. The first-order valence-corrected chi connectivity index (χ1v) is 8.44. The molecule has 0 spiro atoms. The van der Waals surface area contributed by atoms with Crippen LogP contribution in [0.15, 0.2) is 60.7 Å². The minimum Gasteiger partial charge on any atom is -0.456 e. The van der Waals surface area contributed by atoms with Gasteiger partial charge in [-0.1, -0.05) is 36.4 Å². The van der Waals surface area contributed by atoms with E-state index in [1.807, 2.05) is 11.4 Å². The molecule has 0 atom stereocenters. The minimum absolute atomic E-state index is 0.0353. The Morgan fingerprint density at radius 1 is 0.750 bits per heavy atom. The third kappa shape index (κ3) is 8.00. The summed E-state index contributed by atoms with van der Waals surface area (Å²) in [5.41, 5.74) is 1.14. The highest BCUT2D eigenvalue weighted by atomic mass is 16.5. The maximum Gasteiger partial charge on any atom is 0.325 e. The van der Waals surface area contributed by atoms with E-state index in [4.69, 9.17) is 4.74 Å². The van der Waals surface area contributed by atoms with E-state index in [0.717, 1.165) is 0 Å². The van der Waals surface area contributed by atoms with Gasteiger partial charge in [0.25, 0.3) is 5.91 Å². The second kappa shape index (κ2) is 11.0. The van der Waals surface area contributed by atoms with Crippen molar-refractivity contribution >= 4 is 35.3 Å². The van der Waals surface area contributed by atoms with Crippen molar-refractivity contribution < 1.29 is 23.9 Å². The third-order valence-electron chi connectivity index (χ3n) is 3.30. The Morgan fingerprint density at radius 2 is 1.29 bits per heavy atom. The van der Waals surface area contributed by atoms with Crippen molar-refractivity contribution in [3.05, 3.63) is 60.7 Å². The lowest BCUT2D eigenvalue weighted by Gasteiger charge is -2.08. The molecule has 0 saturated heterocycles. The molecule has 2 aromatic carbocycles. The van der Waals surface area contributed by atoms with Gasteiger partial charge in [-0.2, -0.15) is 0 Å². The number of amides is 5. The second-order valence-corrected chi connectivity index (χ2v) is 5.53. The summed E-state index contributed by atoms with van der Waals surface area (Å²) in [6.45, 7) is -0.565. The largest absolute Gasteiger partial charge is 0.456 e. The molecular formula is C19H20N4O5. The summed E-state index contributed by atoms with van der Waals surface area (Å²) in [4.78, 5) is 46.5. The molecule has 2 aromatic rings. The molecule has 0 heterocycles. The number of benzene rings is 2. The number of para-hydroxylation sites is 2. The molecule has 0 aliphatic heterocycles. The average molecular weight is 384 g/mol. The zero-order valence-electron chi connectivity index (χ0n) is 14.9. The molecule has 0 aliphatic carbocycles. The van der Waals surface area contributed by atoms with Crippen molar-refractivity contribution in [2.75, 3.05) is 23.8 Å². The van der Waals surface area contributed by atoms with E-state index < -0.39 is 30.5 Å². The monoisotopic (exact) mass is 384 g/mol. The van der Waals surface area contributed by atoms with Crippen molar-refractivity contribution in [2.45, 2.75) is 6.42 Å². The van der Waals surface area contributed by atoms with Crippen LogP contribution in [0.5, 0.6) is 0 Å². The standard InChI is InChI=1S/C19H20N4O5/c24-16(23-19(27)22-15-9-5-2-6-10-15)13-28-17(25)11-12-20-18(26)21-14-7-3-1-4-8-14/h1-10H,11-13H2,(H2,20,21,26)(H2,22,23,24,27). The first-order valence-electron chi connectivity index (χ1n) is 8.44. The molecule has 0 aliphatic rings. The lowest BCUT2D eigenvalue weighted by Crippen LogP contribution is -2.37. The van der Waals surface area contributed by atoms with E-state index in [2.05, 4.69) is 16.0 Å². The lowest BCUT2D eigenvalue weighted by atomic mass is 10.3. The van der Waals surface area contributed by atoms with Gasteiger partial charge in [0, 0.05) is 17.9 Å². The fourth-order valence-electron chi connectivity index (χ4n) is 2.04. The van der Waals surface area contributed by atoms with Crippen LogP contribution in [0.25, 0.3) is 0 Å². The van der Waals surface area contributed by atoms with Crippen LogP contribution in [0.3, 0.4) is 0 Å². The third-order valence-corrected chi connectivity index (χ3v) is 3.30. The molecule has 9 heteroatoms. The first-order chi connectivity index (χ1) is 13.5. The van der Waals surface area contributed by atoms with Gasteiger partial charge in [0.05, 0.1) is 6.42 Å². The minimum atomic E-state index is -0.767. The summed E-state index contributed by atoms with van der Waals surface area (Å²) < 4.78 is 4.75. The summed E-state index contributed by atoms with van der Waals surface area (Å²) in [6.07, 6.45) is -0.119. The van der Waals surface area contributed by atoms with Crippen molar-refractivity contribution in [3.8, 4) is 0 Å². The van der Waals surface area contributed by atoms with Crippen molar-refractivity contribution in [2.24, 2.45) is 0 Å². The van der Waals surface area contributed by atoms with Crippen molar-refractivity contribution in [1.82, 2.24) is 10.6 Å². The molecule has 0 aromatic heterocycles. The van der Waals surface area contributed by atoms with Crippen LogP contribution in [0.1, 0.15) is 6.42 Å². The molecular weight excluding hydrogens is 364 g/mol. The molecule has 5 amide bonds. The Balaban J connectivity index is 1.58. The maximum absolute atomic E-state index is 11.6. The highest BCUT2D eigenvalue weighted by molar-refractivity contribution is 6.01. The molecule has 0 fully saturated rings. The number of ether oxygens (including phenoxy) is 1. The molecule has 146 valence electrons. The van der Waals surface area contributed by atoms with Crippen LogP contribution in [-0.2, 0) is 14.3 Å². The van der Waals surface area contributed by atoms with Crippen LogP contribution < -0.4 is 21.3 Å². The number of anilines is 2. The quantitative estimate of drug-likeness (QED) is 0.544. The number of carbonyl (C=O) groups excluding carboxylic acids is 4. The smallest absolute Gasteiger partial charge is 0.325 e. The Bertz CT molecular complexity index is 812. The second-order valence-electron chi connectivity index (χ2n) is 5.53. The number of imide groups is 1. The zero-order chi connectivity index (χ0) is 20.2. The van der Waals surface area contributed by atoms with E-state index in [1.165, 1.54) is 0 Å². The van der Waals surface area contributed by atoms with E-state index in [9.17, 15) is 19.2 Å². The van der Waals surface area contributed by atoms with Crippen molar-refractivity contribution in [1.29, 1.82) is 0 Å². The van der Waals surface area contributed by atoms with Gasteiger partial charge in [-0.15, -0.1) is 0 Å². The molecule has 0 saturated carbocycles. The maximum atomic E-state index is 11.6. The number of hydrogen-bond acceptors (Lipinski definition) is 5. The summed E-state index contributed by atoms with van der Waals surface area (Å²) in [6, 6.07) is 16.2. The summed E-state index contributed by atoms with van der Waals surface area (Å²) in [5.74, 6) is -1.45. The van der Waals surface area contributed by atoms with E-state index in [1.54, 1.807) is 54.6 Å². The van der Waals surface area contributed by atoms with Crippen LogP contribution in [0.2, 0.25) is 0 Å². The Labute approximate surface area is 161 Å². The normalized spacial score (nSPS) is 9.71. The van der Waals surface area contributed by atoms with Crippen LogP contribution >= 0.6 is 0 Å². The Kier molecular flexibility index (Phi) is 8.00. The fraction of sp³-hybridized carbons (Fsp3) is 0.158. The highest BCUT2D eigenvalue weighted by Gasteiger charge is 2.11. The van der Waals surface area contributed by atoms with E-state index in [-0.39, 0.29) is 13.0 Å². The van der Waals surface area contributed by atoms with Gasteiger partial charge in [0.15, 0.2) is 6.61 Å². The van der Waals surface area contributed by atoms with Crippen LogP contribution in [0.4, 0.5) is 21.0 Å². The van der Waals surface area contributed by atoms with Gasteiger partial charge in [-0.3, -0.25) is 14.9 Å². The summed E-state index contributed by atoms with van der Waals surface area (Å²) in [7, 11) is 0. The number of urea groups is 2. The topological polar surface area (TPSA) is 126 Å². The van der Waals surface area contributed by atoms with Crippen LogP contribution in [0, 0.1) is 0 Å². The van der Waals surface area contributed by atoms with Crippen LogP contribution in [-0.4, -0.2) is 37.1 Å². The molecule has 2 rings (SSSR count). The fourth-order valence-corrected chi connectivity index (χ4v) is 2.04. The molecule has 28 heavy (non-hydrogen) atoms.